The summed E-state index contributed by atoms with van der Waals surface area (Å²) >= 11 is 5.93. The van der Waals surface area contributed by atoms with Crippen LogP contribution in [0.15, 0.2) is 23.1 Å². The Morgan fingerprint density at radius 3 is 2.41 bits per heavy atom. The van der Waals surface area contributed by atoms with E-state index in [0.717, 1.165) is 0 Å². The Hall–Kier alpha value is -1.03. The standard InChI is InChI=1S/C12H16ClNO6S2/c1-19-8-3-4-11(20-2)12(5-8)22(17,18)14-10-7-21(15,16)6-9(10)13/h3-5,9-10,14H,6-7H2,1-2H3/t9-,10+/m1/s1. The minimum absolute atomic E-state index is 0.125. The van der Waals surface area contributed by atoms with Crippen molar-refractivity contribution in [3.05, 3.63) is 18.2 Å². The summed E-state index contributed by atoms with van der Waals surface area (Å²) in [4.78, 5) is -0.137. The first-order valence-corrected chi connectivity index (χ1v) is 10.0. The number of alkyl halides is 1. The fraction of sp³-hybridized carbons (Fsp3) is 0.500. The molecule has 1 heterocycles. The van der Waals surface area contributed by atoms with E-state index in [-0.39, 0.29) is 22.2 Å². The van der Waals surface area contributed by atoms with Crippen LogP contribution < -0.4 is 14.2 Å². The quantitative estimate of drug-likeness (QED) is 0.754. The maximum absolute atomic E-state index is 12.5. The van der Waals surface area contributed by atoms with Crippen molar-refractivity contribution in [2.24, 2.45) is 0 Å². The predicted octanol–water partition coefficient (Wildman–Crippen LogP) is 0.387. The molecule has 1 aliphatic heterocycles. The second-order valence-electron chi connectivity index (χ2n) is 4.84. The monoisotopic (exact) mass is 369 g/mol. The molecule has 7 nitrogen and oxygen atoms in total. The van der Waals surface area contributed by atoms with Gasteiger partial charge in [-0.25, -0.2) is 21.6 Å². The van der Waals surface area contributed by atoms with E-state index in [4.69, 9.17) is 21.1 Å². The molecule has 1 saturated heterocycles. The van der Waals surface area contributed by atoms with Gasteiger partial charge in [-0.3, -0.25) is 0 Å². The molecule has 2 atom stereocenters. The van der Waals surface area contributed by atoms with Gasteiger partial charge in [0.1, 0.15) is 16.4 Å². The molecule has 124 valence electrons. The average molecular weight is 370 g/mol. The van der Waals surface area contributed by atoms with E-state index in [1.807, 2.05) is 0 Å². The van der Waals surface area contributed by atoms with Crippen molar-refractivity contribution in [2.75, 3.05) is 25.7 Å². The Morgan fingerprint density at radius 2 is 1.91 bits per heavy atom. The van der Waals surface area contributed by atoms with Crippen LogP contribution in [0.4, 0.5) is 0 Å². The molecule has 0 unspecified atom stereocenters. The van der Waals surface area contributed by atoms with E-state index in [9.17, 15) is 16.8 Å². The fourth-order valence-electron chi connectivity index (χ4n) is 2.17. The first kappa shape index (κ1) is 17.3. The van der Waals surface area contributed by atoms with Gasteiger partial charge in [0.15, 0.2) is 9.84 Å². The third kappa shape index (κ3) is 3.65. The zero-order valence-electron chi connectivity index (χ0n) is 11.9. The van der Waals surface area contributed by atoms with Crippen LogP contribution in [0.2, 0.25) is 0 Å². The molecule has 22 heavy (non-hydrogen) atoms. The lowest BCUT2D eigenvalue weighted by Gasteiger charge is -2.17. The van der Waals surface area contributed by atoms with Crippen molar-refractivity contribution in [3.8, 4) is 11.5 Å². The third-order valence-corrected chi connectivity index (χ3v) is 7.14. The maximum Gasteiger partial charge on any atom is 0.244 e. The lowest BCUT2D eigenvalue weighted by molar-refractivity contribution is 0.391. The second-order valence-corrected chi connectivity index (χ2v) is 9.23. The summed E-state index contributed by atoms with van der Waals surface area (Å²) in [5.41, 5.74) is 0. The van der Waals surface area contributed by atoms with Crippen molar-refractivity contribution in [1.29, 1.82) is 0 Å². The summed E-state index contributed by atoms with van der Waals surface area (Å²) in [6.07, 6.45) is 0. The van der Waals surface area contributed by atoms with Crippen molar-refractivity contribution >= 4 is 31.5 Å². The lowest BCUT2D eigenvalue weighted by Crippen LogP contribution is -2.40. The fourth-order valence-corrected chi connectivity index (χ4v) is 6.36. The highest BCUT2D eigenvalue weighted by Crippen LogP contribution is 2.29. The molecule has 2 rings (SSSR count). The molecule has 0 saturated carbocycles. The van der Waals surface area contributed by atoms with E-state index in [1.165, 1.54) is 26.4 Å². The van der Waals surface area contributed by atoms with Crippen molar-refractivity contribution in [3.63, 3.8) is 0 Å². The molecule has 0 spiro atoms. The van der Waals surface area contributed by atoms with Crippen LogP contribution >= 0.6 is 11.6 Å². The Morgan fingerprint density at radius 1 is 1.23 bits per heavy atom. The molecule has 10 heteroatoms. The number of methoxy groups -OCH3 is 2. The number of sulfonamides is 1. The Bertz CT molecular complexity index is 762. The minimum Gasteiger partial charge on any atom is -0.497 e. The lowest BCUT2D eigenvalue weighted by atomic mass is 10.3. The van der Waals surface area contributed by atoms with Gasteiger partial charge in [-0.15, -0.1) is 11.6 Å². The van der Waals surface area contributed by atoms with Crippen LogP contribution in [0, 0.1) is 0 Å². The smallest absolute Gasteiger partial charge is 0.244 e. The van der Waals surface area contributed by atoms with Gasteiger partial charge in [0.25, 0.3) is 0 Å². The zero-order chi connectivity index (χ0) is 16.5. The first-order chi connectivity index (χ1) is 10.2. The van der Waals surface area contributed by atoms with Gasteiger partial charge >= 0.3 is 0 Å². The molecule has 1 aromatic rings. The number of benzene rings is 1. The van der Waals surface area contributed by atoms with Crippen LogP contribution in [0.25, 0.3) is 0 Å². The SMILES string of the molecule is COc1ccc(OC)c(S(=O)(=O)N[C@H]2CS(=O)(=O)C[C@H]2Cl)c1. The van der Waals surface area contributed by atoms with Gasteiger partial charge in [-0.2, -0.15) is 0 Å². The minimum atomic E-state index is -4.01. The van der Waals surface area contributed by atoms with Crippen molar-refractivity contribution in [1.82, 2.24) is 4.72 Å². The van der Waals surface area contributed by atoms with Crippen LogP contribution in [0.5, 0.6) is 11.5 Å². The number of halogens is 1. The van der Waals surface area contributed by atoms with Gasteiger partial charge in [-0.1, -0.05) is 0 Å². The molecular weight excluding hydrogens is 354 g/mol. The number of hydrogen-bond acceptors (Lipinski definition) is 6. The summed E-state index contributed by atoms with van der Waals surface area (Å²) < 4.78 is 60.4. The Kier molecular flexibility index (Phi) is 4.90. The van der Waals surface area contributed by atoms with Crippen LogP contribution in [0.1, 0.15) is 0 Å². The number of hydrogen-bond donors (Lipinski definition) is 1. The van der Waals surface area contributed by atoms with Crippen LogP contribution in [0.3, 0.4) is 0 Å². The molecule has 1 aliphatic rings. The van der Waals surface area contributed by atoms with Gasteiger partial charge < -0.3 is 9.47 Å². The van der Waals surface area contributed by atoms with Gasteiger partial charge in [0.2, 0.25) is 10.0 Å². The average Bonchev–Trinajstić information content (AvgIpc) is 2.69. The summed E-state index contributed by atoms with van der Waals surface area (Å²) in [5, 5.41) is -0.809. The molecular formula is C12H16ClNO6S2. The summed E-state index contributed by atoms with van der Waals surface area (Å²) in [5.74, 6) is -0.119. The zero-order valence-corrected chi connectivity index (χ0v) is 14.3. The molecule has 1 fully saturated rings. The maximum atomic E-state index is 12.5. The van der Waals surface area contributed by atoms with Crippen LogP contribution in [-0.4, -0.2) is 54.0 Å². The van der Waals surface area contributed by atoms with E-state index in [2.05, 4.69) is 4.72 Å². The van der Waals surface area contributed by atoms with Gasteiger partial charge in [-0.05, 0) is 12.1 Å². The summed E-state index contributed by atoms with van der Waals surface area (Å²) in [6, 6.07) is 3.43. The first-order valence-electron chi connectivity index (χ1n) is 6.27. The number of ether oxygens (including phenoxy) is 2. The summed E-state index contributed by atoms with van der Waals surface area (Å²) in [7, 11) is -4.60. The molecule has 1 aromatic carbocycles. The van der Waals surface area contributed by atoms with E-state index < -0.39 is 31.3 Å². The Balaban J connectivity index is 2.35. The molecule has 0 aromatic heterocycles. The van der Waals surface area contributed by atoms with Crippen LogP contribution in [-0.2, 0) is 19.9 Å². The highest BCUT2D eigenvalue weighted by molar-refractivity contribution is 7.92. The second kappa shape index (κ2) is 6.23. The molecule has 1 N–H and O–H groups in total. The van der Waals surface area contributed by atoms with Crippen molar-refractivity contribution < 1.29 is 26.3 Å². The van der Waals surface area contributed by atoms with Crippen molar-refractivity contribution in [2.45, 2.75) is 16.3 Å². The Labute approximate surface area is 134 Å². The largest absolute Gasteiger partial charge is 0.497 e. The molecule has 0 amide bonds. The highest BCUT2D eigenvalue weighted by atomic mass is 35.5. The number of nitrogens with one attached hydrogen (secondary N) is 1. The number of rotatable bonds is 5. The predicted molar refractivity (Wildman–Crippen MR) is 82.0 cm³/mol. The topological polar surface area (TPSA) is 98.8 Å². The van der Waals surface area contributed by atoms with Gasteiger partial charge in [0, 0.05) is 6.07 Å². The highest BCUT2D eigenvalue weighted by Gasteiger charge is 2.39. The van der Waals surface area contributed by atoms with E-state index in [0.29, 0.717) is 5.75 Å². The normalized spacial score (nSPS) is 24.1. The van der Waals surface area contributed by atoms with E-state index in [1.54, 1.807) is 6.07 Å². The van der Waals surface area contributed by atoms with E-state index >= 15 is 0 Å². The number of sulfone groups is 1. The summed E-state index contributed by atoms with van der Waals surface area (Å²) in [6.45, 7) is 0. The molecule has 0 bridgehead atoms. The molecule has 0 aliphatic carbocycles. The van der Waals surface area contributed by atoms with Gasteiger partial charge in [0.05, 0.1) is 37.1 Å². The third-order valence-electron chi connectivity index (χ3n) is 3.25. The molecule has 0 radical (unpaired) electrons.